The molecule has 0 aliphatic rings. The van der Waals surface area contributed by atoms with Crippen LogP contribution in [-0.4, -0.2) is 0 Å². The normalized spacial score (nSPS) is 8.60. The minimum atomic E-state index is 0. The first-order chi connectivity index (χ1) is 4.20. The lowest BCUT2D eigenvalue weighted by Crippen LogP contribution is -1.85. The summed E-state index contributed by atoms with van der Waals surface area (Å²) in [4.78, 5) is 0. The van der Waals surface area contributed by atoms with Gasteiger partial charge in [-0.2, -0.15) is 0 Å². The molecule has 0 saturated carbocycles. The second kappa shape index (κ2) is 3.69. The number of rotatable bonds is 0. The molecule has 0 aromatic heterocycles. The fourth-order valence-electron chi connectivity index (χ4n) is 0.663. The Hall–Kier alpha value is -0.400. The molecule has 0 amide bonds. The Morgan fingerprint density at radius 3 is 2.40 bits per heavy atom. The molecule has 0 saturated heterocycles. The Morgan fingerprint density at radius 1 is 1.40 bits per heavy atom. The Labute approximate surface area is 71.6 Å². The molecule has 1 rings (SSSR count). The van der Waals surface area contributed by atoms with E-state index in [-0.39, 0.29) is 12.4 Å². The van der Waals surface area contributed by atoms with Gasteiger partial charge in [0.25, 0.3) is 0 Å². The molecule has 0 fully saturated rings. The Bertz CT molecular complexity index is 223. The van der Waals surface area contributed by atoms with E-state index in [2.05, 4.69) is 0 Å². The van der Waals surface area contributed by atoms with Gasteiger partial charge in [-0.05, 0) is 24.6 Å². The van der Waals surface area contributed by atoms with Crippen molar-refractivity contribution < 1.29 is 0 Å². The van der Waals surface area contributed by atoms with Gasteiger partial charge in [0.2, 0.25) is 0 Å². The van der Waals surface area contributed by atoms with Crippen molar-refractivity contribution in [3.05, 3.63) is 28.8 Å². The van der Waals surface area contributed by atoms with Crippen LogP contribution in [0.5, 0.6) is 0 Å². The monoisotopic (exact) mass is 177 g/mol. The maximum absolute atomic E-state index is 5.66. The highest BCUT2D eigenvalue weighted by Gasteiger charge is 1.92. The number of nitrogen functional groups attached to an aromatic ring is 1. The number of aryl methyl sites for hydroxylation is 1. The van der Waals surface area contributed by atoms with Crippen LogP contribution in [0.1, 0.15) is 5.56 Å². The highest BCUT2D eigenvalue weighted by atomic mass is 35.5. The van der Waals surface area contributed by atoms with Crippen molar-refractivity contribution >= 4 is 29.7 Å². The molecule has 0 aliphatic carbocycles. The van der Waals surface area contributed by atoms with Gasteiger partial charge in [0.05, 0.1) is 10.7 Å². The van der Waals surface area contributed by atoms with Crippen molar-refractivity contribution in [2.75, 3.05) is 5.73 Å². The summed E-state index contributed by atoms with van der Waals surface area (Å²) in [6, 6.07) is 5.58. The minimum absolute atomic E-state index is 0. The van der Waals surface area contributed by atoms with E-state index in [1.54, 1.807) is 6.07 Å². The second-order valence-corrected chi connectivity index (χ2v) is 2.43. The third-order valence-corrected chi connectivity index (χ3v) is 1.50. The van der Waals surface area contributed by atoms with Crippen LogP contribution >= 0.6 is 24.0 Å². The summed E-state index contributed by atoms with van der Waals surface area (Å²) in [5.41, 5.74) is 7.27. The van der Waals surface area contributed by atoms with Crippen molar-refractivity contribution in [1.29, 1.82) is 0 Å². The van der Waals surface area contributed by atoms with Crippen molar-refractivity contribution in [2.24, 2.45) is 0 Å². The van der Waals surface area contributed by atoms with Gasteiger partial charge in [-0.3, -0.25) is 0 Å². The molecular formula is C7H9Cl2N. The standard InChI is InChI=1S/C7H8ClN.ClH/c1-5-2-3-6(8)7(9)4-5;/h2-4H,9H2,1H3;1H. The van der Waals surface area contributed by atoms with Crippen LogP contribution in [0.3, 0.4) is 0 Å². The molecule has 0 spiro atoms. The van der Waals surface area contributed by atoms with Crippen molar-refractivity contribution in [2.45, 2.75) is 6.92 Å². The lowest BCUT2D eigenvalue weighted by Gasteiger charge is -1.96. The largest absolute Gasteiger partial charge is 0.398 e. The summed E-state index contributed by atoms with van der Waals surface area (Å²) in [6.07, 6.45) is 0. The van der Waals surface area contributed by atoms with Gasteiger partial charge in [0.1, 0.15) is 0 Å². The van der Waals surface area contributed by atoms with Gasteiger partial charge in [0, 0.05) is 0 Å². The van der Waals surface area contributed by atoms with Gasteiger partial charge in [-0.1, -0.05) is 17.7 Å². The van der Waals surface area contributed by atoms with Crippen LogP contribution in [0.15, 0.2) is 18.2 Å². The van der Waals surface area contributed by atoms with E-state index in [1.807, 2.05) is 19.1 Å². The molecule has 1 aromatic rings. The number of halogens is 2. The average molecular weight is 178 g/mol. The summed E-state index contributed by atoms with van der Waals surface area (Å²) >= 11 is 5.66. The van der Waals surface area contributed by atoms with E-state index in [4.69, 9.17) is 17.3 Å². The molecule has 0 aliphatic heterocycles. The zero-order chi connectivity index (χ0) is 6.85. The highest BCUT2D eigenvalue weighted by Crippen LogP contribution is 2.18. The summed E-state index contributed by atoms with van der Waals surface area (Å²) in [5, 5.41) is 0.626. The number of anilines is 1. The predicted octanol–water partition coefficient (Wildman–Crippen LogP) is 2.65. The first-order valence-corrected chi connectivity index (χ1v) is 3.09. The molecule has 1 aromatic carbocycles. The summed E-state index contributed by atoms with van der Waals surface area (Å²) < 4.78 is 0. The van der Waals surface area contributed by atoms with Crippen molar-refractivity contribution in [3.8, 4) is 0 Å². The van der Waals surface area contributed by atoms with E-state index in [1.165, 1.54) is 0 Å². The summed E-state index contributed by atoms with van der Waals surface area (Å²) in [6.45, 7) is 1.98. The lowest BCUT2D eigenvalue weighted by atomic mass is 10.2. The first-order valence-electron chi connectivity index (χ1n) is 2.72. The second-order valence-electron chi connectivity index (χ2n) is 2.02. The number of nitrogens with two attached hydrogens (primary N) is 1. The molecule has 10 heavy (non-hydrogen) atoms. The molecule has 0 bridgehead atoms. The van der Waals surface area contributed by atoms with E-state index in [9.17, 15) is 0 Å². The van der Waals surface area contributed by atoms with Crippen molar-refractivity contribution in [3.63, 3.8) is 0 Å². The molecular weight excluding hydrogens is 169 g/mol. The molecule has 0 atom stereocenters. The fourth-order valence-corrected chi connectivity index (χ4v) is 0.781. The van der Waals surface area contributed by atoms with Gasteiger partial charge < -0.3 is 5.73 Å². The zero-order valence-electron chi connectivity index (χ0n) is 5.60. The van der Waals surface area contributed by atoms with Crippen LogP contribution in [0.25, 0.3) is 0 Å². The molecule has 3 heteroatoms. The van der Waals surface area contributed by atoms with E-state index in [0.717, 1.165) is 5.56 Å². The molecule has 0 unspecified atom stereocenters. The molecule has 1 nitrogen and oxygen atoms in total. The maximum Gasteiger partial charge on any atom is 0.0635 e. The lowest BCUT2D eigenvalue weighted by molar-refractivity contribution is 1.47. The highest BCUT2D eigenvalue weighted by molar-refractivity contribution is 6.33. The quantitative estimate of drug-likeness (QED) is 0.607. The summed E-state index contributed by atoms with van der Waals surface area (Å²) in [7, 11) is 0. The number of hydrogen-bond acceptors (Lipinski definition) is 1. The topological polar surface area (TPSA) is 26.0 Å². The zero-order valence-corrected chi connectivity index (χ0v) is 7.17. The average Bonchev–Trinajstić information content (AvgIpc) is 1.80. The number of hydrogen-bond donors (Lipinski definition) is 1. The first kappa shape index (κ1) is 9.60. The van der Waals surface area contributed by atoms with E-state index >= 15 is 0 Å². The smallest absolute Gasteiger partial charge is 0.0635 e. The molecule has 56 valence electrons. The minimum Gasteiger partial charge on any atom is -0.398 e. The Kier molecular flexibility index (Phi) is 3.54. The SMILES string of the molecule is Cc1ccc(Cl)c(N)c1.Cl. The van der Waals surface area contributed by atoms with Crippen molar-refractivity contribution in [1.82, 2.24) is 0 Å². The summed E-state index contributed by atoms with van der Waals surface area (Å²) in [5.74, 6) is 0. The van der Waals surface area contributed by atoms with Crippen LogP contribution in [0.4, 0.5) is 5.69 Å². The van der Waals surface area contributed by atoms with Crippen LogP contribution in [0, 0.1) is 6.92 Å². The Morgan fingerprint density at radius 2 is 2.00 bits per heavy atom. The van der Waals surface area contributed by atoms with Gasteiger partial charge >= 0.3 is 0 Å². The third-order valence-electron chi connectivity index (χ3n) is 1.15. The number of benzene rings is 1. The van der Waals surface area contributed by atoms with Gasteiger partial charge in [-0.15, -0.1) is 12.4 Å². The third kappa shape index (κ3) is 2.09. The fraction of sp³-hybridized carbons (Fsp3) is 0.143. The van der Waals surface area contributed by atoms with Gasteiger partial charge in [0.15, 0.2) is 0 Å². The van der Waals surface area contributed by atoms with E-state index in [0.29, 0.717) is 10.7 Å². The van der Waals surface area contributed by atoms with E-state index < -0.39 is 0 Å². The Balaban J connectivity index is 0.000000810. The predicted molar refractivity (Wildman–Crippen MR) is 47.8 cm³/mol. The molecule has 2 N–H and O–H groups in total. The van der Waals surface area contributed by atoms with Crippen LogP contribution < -0.4 is 5.73 Å². The maximum atomic E-state index is 5.66. The van der Waals surface area contributed by atoms with Crippen LogP contribution in [0.2, 0.25) is 5.02 Å². The van der Waals surface area contributed by atoms with Gasteiger partial charge in [-0.25, -0.2) is 0 Å². The molecule has 0 heterocycles. The van der Waals surface area contributed by atoms with Crippen LogP contribution in [-0.2, 0) is 0 Å². The molecule has 0 radical (unpaired) electrons.